The van der Waals surface area contributed by atoms with Gasteiger partial charge in [-0.1, -0.05) is 13.8 Å². The summed E-state index contributed by atoms with van der Waals surface area (Å²) < 4.78 is 0. The van der Waals surface area contributed by atoms with Crippen LogP contribution in [0.5, 0.6) is 0 Å². The van der Waals surface area contributed by atoms with Crippen LogP contribution in [0.1, 0.15) is 20.8 Å². The molecule has 1 aliphatic heterocycles. The molecule has 1 aliphatic rings. The second-order valence-corrected chi connectivity index (χ2v) is 4.50. The fourth-order valence-electron chi connectivity index (χ4n) is 1.92. The Kier molecular flexibility index (Phi) is 3.53. The summed E-state index contributed by atoms with van der Waals surface area (Å²) in [6.45, 7) is 11.9. The van der Waals surface area contributed by atoms with Crippen molar-refractivity contribution in [2.75, 3.05) is 33.2 Å². The van der Waals surface area contributed by atoms with Crippen LogP contribution in [-0.2, 0) is 0 Å². The van der Waals surface area contributed by atoms with E-state index in [4.69, 9.17) is 0 Å². The Balaban J connectivity index is 2.34. The Morgan fingerprint density at radius 3 is 2.50 bits per heavy atom. The maximum atomic E-state index is 2.60. The monoisotopic (exact) mass is 170 g/mol. The number of rotatable bonds is 2. The topological polar surface area (TPSA) is 6.48 Å². The number of piperazine rings is 1. The standard InChI is InChI=1S/C10H22N2/c1-9(2)7-12-6-5-11(4)8-10(12)3/h9-10H,5-8H2,1-4H3. The third-order valence-corrected chi connectivity index (χ3v) is 2.57. The lowest BCUT2D eigenvalue weighted by atomic mass is 10.1. The largest absolute Gasteiger partial charge is 0.304 e. The molecule has 1 saturated heterocycles. The molecule has 0 N–H and O–H groups in total. The third kappa shape index (κ3) is 2.76. The van der Waals surface area contributed by atoms with Gasteiger partial charge in [0.25, 0.3) is 0 Å². The van der Waals surface area contributed by atoms with Crippen LogP contribution >= 0.6 is 0 Å². The van der Waals surface area contributed by atoms with Crippen LogP contribution in [0, 0.1) is 5.92 Å². The molecule has 0 radical (unpaired) electrons. The number of hydrogen-bond acceptors (Lipinski definition) is 2. The van der Waals surface area contributed by atoms with Gasteiger partial charge in [-0.2, -0.15) is 0 Å². The van der Waals surface area contributed by atoms with Crippen LogP contribution < -0.4 is 0 Å². The molecule has 0 aromatic rings. The molecule has 2 nitrogen and oxygen atoms in total. The van der Waals surface area contributed by atoms with Crippen molar-refractivity contribution < 1.29 is 0 Å². The summed E-state index contributed by atoms with van der Waals surface area (Å²) in [5, 5.41) is 0. The molecule has 0 spiro atoms. The predicted octanol–water partition coefficient (Wildman–Crippen LogP) is 1.28. The molecule has 1 heterocycles. The summed E-state index contributed by atoms with van der Waals surface area (Å²) in [6.07, 6.45) is 0. The minimum Gasteiger partial charge on any atom is -0.304 e. The summed E-state index contributed by atoms with van der Waals surface area (Å²) in [5.41, 5.74) is 0. The normalized spacial score (nSPS) is 28.2. The van der Waals surface area contributed by atoms with Gasteiger partial charge in [0, 0.05) is 32.2 Å². The SMILES string of the molecule is CC(C)CN1CCN(C)CC1C. The van der Waals surface area contributed by atoms with Crippen LogP contribution in [-0.4, -0.2) is 49.1 Å². The molecular formula is C10H22N2. The van der Waals surface area contributed by atoms with E-state index in [1.54, 1.807) is 0 Å². The van der Waals surface area contributed by atoms with Gasteiger partial charge in [-0.25, -0.2) is 0 Å². The van der Waals surface area contributed by atoms with E-state index in [2.05, 4.69) is 37.6 Å². The van der Waals surface area contributed by atoms with Crippen molar-refractivity contribution in [2.45, 2.75) is 26.8 Å². The van der Waals surface area contributed by atoms with Crippen molar-refractivity contribution >= 4 is 0 Å². The van der Waals surface area contributed by atoms with Gasteiger partial charge in [0.15, 0.2) is 0 Å². The smallest absolute Gasteiger partial charge is 0.0195 e. The van der Waals surface area contributed by atoms with Crippen molar-refractivity contribution in [2.24, 2.45) is 5.92 Å². The lowest BCUT2D eigenvalue weighted by molar-refractivity contribution is 0.0896. The van der Waals surface area contributed by atoms with E-state index in [1.807, 2.05) is 0 Å². The molecule has 1 unspecified atom stereocenters. The van der Waals surface area contributed by atoms with Gasteiger partial charge in [-0.15, -0.1) is 0 Å². The van der Waals surface area contributed by atoms with Gasteiger partial charge in [0.1, 0.15) is 0 Å². The highest BCUT2D eigenvalue weighted by Gasteiger charge is 2.21. The fraction of sp³-hybridized carbons (Fsp3) is 1.00. The molecule has 0 aliphatic carbocycles. The van der Waals surface area contributed by atoms with E-state index in [1.165, 1.54) is 26.2 Å². The quantitative estimate of drug-likeness (QED) is 0.616. The van der Waals surface area contributed by atoms with Crippen LogP contribution in [0.2, 0.25) is 0 Å². The molecule has 12 heavy (non-hydrogen) atoms. The first-order chi connectivity index (χ1) is 5.59. The zero-order valence-electron chi connectivity index (χ0n) is 8.88. The second kappa shape index (κ2) is 4.24. The highest BCUT2D eigenvalue weighted by molar-refractivity contribution is 4.77. The van der Waals surface area contributed by atoms with Crippen LogP contribution in [0.25, 0.3) is 0 Å². The van der Waals surface area contributed by atoms with Gasteiger partial charge in [-0.05, 0) is 19.9 Å². The van der Waals surface area contributed by atoms with Crippen molar-refractivity contribution in [3.63, 3.8) is 0 Å². The number of likely N-dealkylation sites (N-methyl/N-ethyl adjacent to an activating group) is 1. The Hall–Kier alpha value is -0.0800. The van der Waals surface area contributed by atoms with E-state index < -0.39 is 0 Å². The molecule has 1 atom stereocenters. The number of nitrogens with zero attached hydrogens (tertiary/aromatic N) is 2. The van der Waals surface area contributed by atoms with E-state index in [0.29, 0.717) is 0 Å². The summed E-state index contributed by atoms with van der Waals surface area (Å²) in [5.74, 6) is 0.802. The highest BCUT2D eigenvalue weighted by Crippen LogP contribution is 2.09. The molecule has 0 aromatic carbocycles. The molecule has 0 amide bonds. The van der Waals surface area contributed by atoms with Gasteiger partial charge in [0.05, 0.1) is 0 Å². The zero-order valence-corrected chi connectivity index (χ0v) is 8.88. The Bertz CT molecular complexity index is 134. The molecule has 0 bridgehead atoms. The van der Waals surface area contributed by atoms with Gasteiger partial charge in [-0.3, -0.25) is 4.90 Å². The van der Waals surface area contributed by atoms with Crippen molar-refractivity contribution in [3.8, 4) is 0 Å². The van der Waals surface area contributed by atoms with Gasteiger partial charge < -0.3 is 4.90 Å². The number of hydrogen-bond donors (Lipinski definition) is 0. The molecule has 2 heteroatoms. The van der Waals surface area contributed by atoms with E-state index in [0.717, 1.165) is 12.0 Å². The van der Waals surface area contributed by atoms with Gasteiger partial charge in [0.2, 0.25) is 0 Å². The highest BCUT2D eigenvalue weighted by atomic mass is 15.3. The minimum absolute atomic E-state index is 0.742. The lowest BCUT2D eigenvalue weighted by Crippen LogP contribution is -2.51. The van der Waals surface area contributed by atoms with Crippen LogP contribution in [0.4, 0.5) is 0 Å². The molecule has 0 saturated carbocycles. The predicted molar refractivity (Wildman–Crippen MR) is 53.4 cm³/mol. The second-order valence-electron chi connectivity index (χ2n) is 4.50. The van der Waals surface area contributed by atoms with Gasteiger partial charge >= 0.3 is 0 Å². The van der Waals surface area contributed by atoms with Crippen LogP contribution in [0.15, 0.2) is 0 Å². The first-order valence-corrected chi connectivity index (χ1v) is 5.02. The third-order valence-electron chi connectivity index (χ3n) is 2.57. The van der Waals surface area contributed by atoms with Crippen molar-refractivity contribution in [3.05, 3.63) is 0 Å². The van der Waals surface area contributed by atoms with Crippen LogP contribution in [0.3, 0.4) is 0 Å². The van der Waals surface area contributed by atoms with E-state index in [9.17, 15) is 0 Å². The zero-order chi connectivity index (χ0) is 9.14. The van der Waals surface area contributed by atoms with E-state index in [-0.39, 0.29) is 0 Å². The molecule has 0 aromatic heterocycles. The average Bonchev–Trinajstić information content (AvgIpc) is 1.94. The summed E-state index contributed by atoms with van der Waals surface area (Å²) in [6, 6.07) is 0.742. The summed E-state index contributed by atoms with van der Waals surface area (Å²) >= 11 is 0. The van der Waals surface area contributed by atoms with Crippen molar-refractivity contribution in [1.29, 1.82) is 0 Å². The molecular weight excluding hydrogens is 148 g/mol. The minimum atomic E-state index is 0.742. The Morgan fingerprint density at radius 1 is 1.33 bits per heavy atom. The molecule has 72 valence electrons. The summed E-state index contributed by atoms with van der Waals surface area (Å²) in [4.78, 5) is 5.02. The first kappa shape index (κ1) is 10.0. The molecule has 1 rings (SSSR count). The molecule has 1 fully saturated rings. The van der Waals surface area contributed by atoms with Crippen molar-refractivity contribution in [1.82, 2.24) is 9.80 Å². The lowest BCUT2D eigenvalue weighted by Gasteiger charge is -2.39. The Labute approximate surface area is 76.5 Å². The Morgan fingerprint density at radius 2 is 2.00 bits per heavy atom. The fourth-order valence-corrected chi connectivity index (χ4v) is 1.92. The summed E-state index contributed by atoms with van der Waals surface area (Å²) in [7, 11) is 2.21. The van der Waals surface area contributed by atoms with E-state index >= 15 is 0 Å². The maximum Gasteiger partial charge on any atom is 0.0195 e. The first-order valence-electron chi connectivity index (χ1n) is 5.02. The maximum absolute atomic E-state index is 2.60. The average molecular weight is 170 g/mol.